The van der Waals surface area contributed by atoms with Crippen LogP contribution in [0.1, 0.15) is 13.3 Å². The van der Waals surface area contributed by atoms with Gasteiger partial charge < -0.3 is 19.8 Å². The molecule has 0 bridgehead atoms. The first kappa shape index (κ1) is 15.3. The zero-order chi connectivity index (χ0) is 14.6. The maximum Gasteiger partial charge on any atom is 0.316 e. The van der Waals surface area contributed by atoms with Crippen molar-refractivity contribution in [3.8, 4) is 0 Å². The summed E-state index contributed by atoms with van der Waals surface area (Å²) in [6.07, 6.45) is 0.215. The molecule has 0 amide bonds. The van der Waals surface area contributed by atoms with E-state index in [-0.39, 0.29) is 39.3 Å². The molecule has 2 unspecified atom stereocenters. The normalized spacial score (nSPS) is 30.8. The van der Waals surface area contributed by atoms with Crippen molar-refractivity contribution in [3.63, 3.8) is 0 Å². The lowest BCUT2D eigenvalue weighted by molar-refractivity contribution is -1.11. The molecule has 108 valence electrons. The van der Waals surface area contributed by atoms with E-state index >= 15 is 0 Å². The summed E-state index contributed by atoms with van der Waals surface area (Å²) in [5.74, 6) is -2.61. The third kappa shape index (κ3) is 3.86. The lowest BCUT2D eigenvalue weighted by Crippen LogP contribution is -3.37. The number of aliphatic carboxylic acids is 2. The van der Waals surface area contributed by atoms with Gasteiger partial charge in [-0.25, -0.2) is 0 Å². The van der Waals surface area contributed by atoms with Crippen molar-refractivity contribution in [1.82, 2.24) is 0 Å². The van der Waals surface area contributed by atoms with E-state index in [1.54, 1.807) is 6.92 Å². The lowest BCUT2D eigenvalue weighted by atomic mass is 9.93. The van der Waals surface area contributed by atoms with Crippen LogP contribution in [0.5, 0.6) is 0 Å². The summed E-state index contributed by atoms with van der Waals surface area (Å²) in [5.41, 5.74) is -1.30. The average Bonchev–Trinajstić information content (AvgIpc) is 2.26. The Balaban J connectivity index is 2.90. The van der Waals surface area contributed by atoms with E-state index in [0.717, 1.165) is 0 Å². The van der Waals surface area contributed by atoms with Gasteiger partial charge in [-0.15, -0.1) is 0 Å². The summed E-state index contributed by atoms with van der Waals surface area (Å²) in [5, 5.41) is 32.5. The first-order valence-electron chi connectivity index (χ1n) is 6.00. The van der Waals surface area contributed by atoms with Gasteiger partial charge in [0.25, 0.3) is 0 Å². The molecular formula is C10H17N3O6. The zero-order valence-corrected chi connectivity index (χ0v) is 10.6. The van der Waals surface area contributed by atoms with Crippen LogP contribution in [0.15, 0.2) is 0 Å². The van der Waals surface area contributed by atoms with Crippen molar-refractivity contribution < 1.29 is 34.5 Å². The van der Waals surface area contributed by atoms with Crippen molar-refractivity contribution in [3.05, 3.63) is 10.1 Å². The molecule has 2 N–H and O–H groups in total. The fourth-order valence-electron chi connectivity index (χ4n) is 2.64. The Morgan fingerprint density at radius 2 is 1.58 bits per heavy atom. The quantitative estimate of drug-likeness (QED) is 0.366. The van der Waals surface area contributed by atoms with E-state index in [0.29, 0.717) is 9.80 Å². The second kappa shape index (κ2) is 5.93. The maximum atomic E-state index is 11.2. The summed E-state index contributed by atoms with van der Waals surface area (Å²) in [6.45, 7) is 1.21. The van der Waals surface area contributed by atoms with Crippen molar-refractivity contribution in [2.75, 3.05) is 32.8 Å². The number of hydrogen-bond donors (Lipinski definition) is 2. The van der Waals surface area contributed by atoms with Crippen LogP contribution >= 0.6 is 0 Å². The number of hydrogen-bond acceptors (Lipinski definition) is 6. The first-order chi connectivity index (χ1) is 8.79. The van der Waals surface area contributed by atoms with Crippen LogP contribution < -0.4 is 20.0 Å². The SMILES string of the molecule is CCC1([N+](=O)[O-])C[NH+](CC(=O)[O-])C[NH+](CC(=O)[O-])C1. The second-order valence-electron chi connectivity index (χ2n) is 4.96. The van der Waals surface area contributed by atoms with Crippen LogP contribution in [-0.4, -0.2) is 55.2 Å². The van der Waals surface area contributed by atoms with Crippen LogP contribution in [0.2, 0.25) is 0 Å². The van der Waals surface area contributed by atoms with Gasteiger partial charge in [0, 0.05) is 11.3 Å². The third-order valence-corrected chi connectivity index (χ3v) is 3.49. The molecule has 0 aromatic carbocycles. The number of rotatable bonds is 6. The molecule has 0 spiro atoms. The molecule has 1 heterocycles. The molecule has 2 atom stereocenters. The zero-order valence-electron chi connectivity index (χ0n) is 10.6. The molecule has 1 aliphatic heterocycles. The van der Waals surface area contributed by atoms with Crippen LogP contribution in [0, 0.1) is 10.1 Å². The average molecular weight is 275 g/mol. The molecule has 0 aliphatic carbocycles. The second-order valence-corrected chi connectivity index (χ2v) is 4.96. The van der Waals surface area contributed by atoms with E-state index in [4.69, 9.17) is 0 Å². The summed E-state index contributed by atoms with van der Waals surface area (Å²) in [6, 6.07) is 0. The van der Waals surface area contributed by atoms with Crippen LogP contribution in [0.25, 0.3) is 0 Å². The third-order valence-electron chi connectivity index (χ3n) is 3.49. The number of quaternary nitrogens is 2. The molecule has 0 radical (unpaired) electrons. The highest BCUT2D eigenvalue weighted by atomic mass is 16.6. The Morgan fingerprint density at radius 1 is 1.16 bits per heavy atom. The molecule has 1 rings (SSSR count). The van der Waals surface area contributed by atoms with Crippen molar-refractivity contribution >= 4 is 11.9 Å². The van der Waals surface area contributed by atoms with E-state index in [9.17, 15) is 29.9 Å². The predicted molar refractivity (Wildman–Crippen MR) is 56.3 cm³/mol. The predicted octanol–water partition coefficient (Wildman–Crippen LogP) is -6.35. The summed E-state index contributed by atoms with van der Waals surface area (Å²) in [7, 11) is 0. The molecular weight excluding hydrogens is 258 g/mol. The Hall–Kier alpha value is -1.74. The van der Waals surface area contributed by atoms with Gasteiger partial charge in [-0.2, -0.15) is 0 Å². The van der Waals surface area contributed by atoms with E-state index < -0.39 is 22.4 Å². The number of carbonyl (C=O) groups is 2. The van der Waals surface area contributed by atoms with E-state index in [1.165, 1.54) is 0 Å². The van der Waals surface area contributed by atoms with Gasteiger partial charge in [-0.1, -0.05) is 6.92 Å². The number of carboxylic acids is 2. The van der Waals surface area contributed by atoms with Crippen LogP contribution in [0.4, 0.5) is 0 Å². The van der Waals surface area contributed by atoms with Gasteiger partial charge in [-0.05, 0) is 0 Å². The minimum atomic E-state index is -1.31. The number of nitrogens with one attached hydrogen (secondary N) is 2. The molecule has 1 fully saturated rings. The lowest BCUT2D eigenvalue weighted by Gasteiger charge is -2.37. The van der Waals surface area contributed by atoms with Crippen molar-refractivity contribution in [2.45, 2.75) is 18.9 Å². The van der Waals surface area contributed by atoms with Crippen molar-refractivity contribution in [2.24, 2.45) is 0 Å². The van der Waals surface area contributed by atoms with E-state index in [2.05, 4.69) is 0 Å². The number of carboxylic acid groups (broad SMARTS) is 2. The van der Waals surface area contributed by atoms with E-state index in [1.807, 2.05) is 0 Å². The number of carbonyl (C=O) groups excluding carboxylic acids is 2. The van der Waals surface area contributed by atoms with Gasteiger partial charge in [0.1, 0.15) is 13.1 Å². The molecule has 0 aromatic rings. The minimum absolute atomic E-state index is 0.0566. The molecule has 0 aromatic heterocycles. The largest absolute Gasteiger partial charge is 0.544 e. The molecule has 19 heavy (non-hydrogen) atoms. The highest BCUT2D eigenvalue weighted by Crippen LogP contribution is 2.11. The highest BCUT2D eigenvalue weighted by molar-refractivity contribution is 5.65. The summed E-state index contributed by atoms with van der Waals surface area (Å²) in [4.78, 5) is 32.9. The number of nitro groups is 1. The Bertz CT molecular complexity index is 361. The molecule has 1 saturated heterocycles. The van der Waals surface area contributed by atoms with Crippen molar-refractivity contribution in [1.29, 1.82) is 0 Å². The van der Waals surface area contributed by atoms with Gasteiger partial charge in [0.05, 0.1) is 11.9 Å². The number of nitrogens with zero attached hydrogens (tertiary/aromatic N) is 1. The fraction of sp³-hybridized carbons (Fsp3) is 0.800. The molecule has 1 aliphatic rings. The minimum Gasteiger partial charge on any atom is -0.544 e. The Kier molecular flexibility index (Phi) is 4.78. The molecule has 0 saturated carbocycles. The van der Waals surface area contributed by atoms with Gasteiger partial charge >= 0.3 is 5.54 Å². The molecule has 9 nitrogen and oxygen atoms in total. The van der Waals surface area contributed by atoms with Crippen LogP contribution in [-0.2, 0) is 9.59 Å². The van der Waals surface area contributed by atoms with Gasteiger partial charge in [0.15, 0.2) is 13.1 Å². The highest BCUT2D eigenvalue weighted by Gasteiger charge is 2.53. The van der Waals surface area contributed by atoms with Gasteiger partial charge in [0.2, 0.25) is 6.67 Å². The summed E-state index contributed by atoms with van der Waals surface area (Å²) >= 11 is 0. The monoisotopic (exact) mass is 275 g/mol. The maximum absolute atomic E-state index is 11.2. The smallest absolute Gasteiger partial charge is 0.316 e. The fourth-order valence-corrected chi connectivity index (χ4v) is 2.64. The first-order valence-corrected chi connectivity index (χ1v) is 6.00. The van der Waals surface area contributed by atoms with Gasteiger partial charge in [-0.3, -0.25) is 19.9 Å². The Morgan fingerprint density at radius 3 is 1.84 bits per heavy atom. The Labute approximate surface area is 109 Å². The summed E-state index contributed by atoms with van der Waals surface area (Å²) < 4.78 is 0. The molecule has 9 heteroatoms. The topological polar surface area (TPSA) is 132 Å². The van der Waals surface area contributed by atoms with Crippen LogP contribution in [0.3, 0.4) is 0 Å². The standard InChI is InChI=1S/C10H17N3O6/c1-2-10(13(18)19)5-11(3-8(14)15)7-12(6-10)4-9(16)17/h2-7H2,1H3,(H,14,15)(H,16,17).